The molecule has 1 aliphatic carbocycles. The van der Waals surface area contributed by atoms with Crippen molar-refractivity contribution in [2.45, 2.75) is 63.5 Å². The molecule has 0 unspecified atom stereocenters. The second-order valence-electron chi connectivity index (χ2n) is 11.3. The summed E-state index contributed by atoms with van der Waals surface area (Å²) < 4.78 is 19.4. The van der Waals surface area contributed by atoms with Crippen LogP contribution in [0.1, 0.15) is 72.1 Å². The Hall–Kier alpha value is -3.63. The number of rotatable bonds is 5. The van der Waals surface area contributed by atoms with Gasteiger partial charge in [-0.05, 0) is 95.3 Å². The van der Waals surface area contributed by atoms with Crippen LogP contribution >= 0.6 is 0 Å². The largest absolute Gasteiger partial charge is 0.393 e. The highest BCUT2D eigenvalue weighted by molar-refractivity contribution is 6.05. The average molecular weight is 546 g/mol. The molecule has 0 bridgehead atoms. The number of piperidine rings is 1. The van der Waals surface area contributed by atoms with Gasteiger partial charge in [-0.1, -0.05) is 6.07 Å². The summed E-state index contributed by atoms with van der Waals surface area (Å²) in [5, 5.41) is 17.2. The van der Waals surface area contributed by atoms with Crippen LogP contribution in [0.3, 0.4) is 0 Å². The number of aliphatic hydroxyl groups is 1. The highest BCUT2D eigenvalue weighted by atomic mass is 19.1. The van der Waals surface area contributed by atoms with Crippen molar-refractivity contribution in [1.82, 2.24) is 29.2 Å². The van der Waals surface area contributed by atoms with Crippen molar-refractivity contribution in [2.24, 2.45) is 7.05 Å². The number of pyridine rings is 1. The zero-order valence-corrected chi connectivity index (χ0v) is 23.3. The predicted molar refractivity (Wildman–Crippen MR) is 152 cm³/mol. The zero-order chi connectivity index (χ0) is 28.0. The van der Waals surface area contributed by atoms with E-state index >= 15 is 4.39 Å². The molecular weight excluding hydrogens is 509 g/mol. The lowest BCUT2D eigenvalue weighted by Gasteiger charge is -2.29. The molecule has 9 nitrogen and oxygen atoms in total. The third kappa shape index (κ3) is 4.90. The van der Waals surface area contributed by atoms with E-state index in [0.717, 1.165) is 55.5 Å². The molecular formula is C30H36FN7O2. The summed E-state index contributed by atoms with van der Waals surface area (Å²) in [4.78, 5) is 25.0. The molecule has 40 heavy (non-hydrogen) atoms. The molecule has 4 aromatic rings. The molecule has 1 amide bonds. The molecule has 2 aliphatic rings. The van der Waals surface area contributed by atoms with Gasteiger partial charge in [-0.15, -0.1) is 0 Å². The third-order valence-electron chi connectivity index (χ3n) is 8.78. The summed E-state index contributed by atoms with van der Waals surface area (Å²) in [6.07, 6.45) is 7.84. The van der Waals surface area contributed by atoms with Crippen LogP contribution in [-0.2, 0) is 7.05 Å². The fraction of sp³-hybridized carbons (Fsp3) is 0.467. The lowest BCUT2D eigenvalue weighted by molar-refractivity contribution is 0.101. The van der Waals surface area contributed by atoms with Crippen molar-refractivity contribution in [3.05, 3.63) is 59.3 Å². The molecule has 210 valence electrons. The van der Waals surface area contributed by atoms with E-state index < -0.39 is 11.7 Å². The lowest BCUT2D eigenvalue weighted by atomic mass is 9.89. The SMILES string of the molecule is Cc1c(-c2nccc(C(=O)Nc3nc4cc(C5CCN(C)CC5)ccc4n3C3CCC(O)CC3)c2F)cnn1C. The van der Waals surface area contributed by atoms with Gasteiger partial charge in [0.2, 0.25) is 5.95 Å². The van der Waals surface area contributed by atoms with Crippen LogP contribution in [0.2, 0.25) is 0 Å². The first-order chi connectivity index (χ1) is 19.3. The second kappa shape index (κ2) is 10.7. The number of anilines is 1. The zero-order valence-electron chi connectivity index (χ0n) is 23.3. The molecule has 1 saturated heterocycles. The standard InChI is InChI=1S/C30H36FN7O2/c1-18-24(17-33-37(18)3)28-27(31)23(10-13-32-28)29(40)35-30-34-25-16-20(19-11-14-36(2)15-12-19)4-9-26(25)38(30)21-5-7-22(39)8-6-21/h4,9-10,13,16-17,19,21-22,39H,5-8,11-12,14-15H2,1-3H3,(H,34,35,40). The van der Waals surface area contributed by atoms with Gasteiger partial charge in [0.05, 0.1) is 28.9 Å². The number of nitrogens with zero attached hydrogens (tertiary/aromatic N) is 6. The molecule has 1 saturated carbocycles. The number of aromatic nitrogens is 5. The number of aliphatic hydroxyl groups excluding tert-OH is 1. The number of carbonyl (C=O) groups is 1. The quantitative estimate of drug-likeness (QED) is 0.373. The van der Waals surface area contributed by atoms with Gasteiger partial charge in [0.25, 0.3) is 5.91 Å². The molecule has 6 rings (SSSR count). The minimum atomic E-state index is -0.691. The Bertz CT molecular complexity index is 1550. The average Bonchev–Trinajstić information content (AvgIpc) is 3.48. The number of benzene rings is 1. The molecule has 0 atom stereocenters. The maximum atomic E-state index is 15.7. The summed E-state index contributed by atoms with van der Waals surface area (Å²) in [6.45, 7) is 3.97. The molecule has 0 radical (unpaired) electrons. The van der Waals surface area contributed by atoms with Crippen LogP contribution in [0.4, 0.5) is 10.3 Å². The summed E-state index contributed by atoms with van der Waals surface area (Å²) in [5.74, 6) is -0.388. The van der Waals surface area contributed by atoms with E-state index in [-0.39, 0.29) is 23.4 Å². The number of hydrogen-bond acceptors (Lipinski definition) is 6. The summed E-state index contributed by atoms with van der Waals surface area (Å²) >= 11 is 0. The van der Waals surface area contributed by atoms with Gasteiger partial charge < -0.3 is 14.6 Å². The Balaban J connectivity index is 1.36. The molecule has 0 spiro atoms. The number of imidazole rings is 1. The van der Waals surface area contributed by atoms with Gasteiger partial charge in [0.1, 0.15) is 5.69 Å². The first-order valence-corrected chi connectivity index (χ1v) is 14.1. The molecule has 10 heteroatoms. The molecule has 2 fully saturated rings. The number of carbonyl (C=O) groups excluding carboxylic acids is 1. The third-order valence-corrected chi connectivity index (χ3v) is 8.78. The Kier molecular flexibility index (Phi) is 7.14. The van der Waals surface area contributed by atoms with Crippen LogP contribution in [0.15, 0.2) is 36.7 Å². The van der Waals surface area contributed by atoms with E-state index in [1.165, 1.54) is 17.8 Å². The van der Waals surface area contributed by atoms with E-state index in [1.807, 2.05) is 6.92 Å². The van der Waals surface area contributed by atoms with Gasteiger partial charge in [-0.25, -0.2) is 9.37 Å². The maximum absolute atomic E-state index is 15.7. The van der Waals surface area contributed by atoms with Crippen LogP contribution in [0, 0.1) is 12.7 Å². The van der Waals surface area contributed by atoms with Crippen molar-refractivity contribution >= 4 is 22.9 Å². The Morgan fingerprint density at radius 3 is 2.52 bits per heavy atom. The lowest BCUT2D eigenvalue weighted by Crippen LogP contribution is -2.29. The highest BCUT2D eigenvalue weighted by Gasteiger charge is 2.28. The fourth-order valence-corrected chi connectivity index (χ4v) is 6.19. The molecule has 2 N–H and O–H groups in total. The number of likely N-dealkylation sites (tertiary alicyclic amines) is 1. The fourth-order valence-electron chi connectivity index (χ4n) is 6.19. The van der Waals surface area contributed by atoms with Gasteiger partial charge in [0, 0.05) is 30.5 Å². The predicted octanol–water partition coefficient (Wildman–Crippen LogP) is 4.82. The van der Waals surface area contributed by atoms with Crippen molar-refractivity contribution in [2.75, 3.05) is 25.5 Å². The molecule has 1 aromatic carbocycles. The first-order valence-electron chi connectivity index (χ1n) is 14.1. The number of hydrogen-bond donors (Lipinski definition) is 2. The van der Waals surface area contributed by atoms with Gasteiger partial charge in [-0.3, -0.25) is 19.8 Å². The van der Waals surface area contributed by atoms with E-state index in [1.54, 1.807) is 17.9 Å². The normalized spacial score (nSPS) is 20.7. The summed E-state index contributed by atoms with van der Waals surface area (Å²) in [5.41, 5.74) is 4.32. The van der Waals surface area contributed by atoms with Crippen LogP contribution in [0.5, 0.6) is 0 Å². The van der Waals surface area contributed by atoms with Gasteiger partial charge >= 0.3 is 0 Å². The number of halogens is 1. The minimum Gasteiger partial charge on any atom is -0.393 e. The van der Waals surface area contributed by atoms with E-state index in [9.17, 15) is 9.90 Å². The summed E-state index contributed by atoms with van der Waals surface area (Å²) in [6, 6.07) is 7.90. The minimum absolute atomic E-state index is 0.0776. The van der Waals surface area contributed by atoms with E-state index in [4.69, 9.17) is 4.98 Å². The number of aryl methyl sites for hydroxylation is 1. The van der Waals surface area contributed by atoms with Gasteiger partial charge in [-0.2, -0.15) is 5.10 Å². The Labute approximate surface area is 233 Å². The highest BCUT2D eigenvalue weighted by Crippen LogP contribution is 2.37. The smallest absolute Gasteiger partial charge is 0.261 e. The van der Waals surface area contributed by atoms with Crippen molar-refractivity contribution in [3.8, 4) is 11.3 Å². The Morgan fingerprint density at radius 2 is 1.82 bits per heavy atom. The van der Waals surface area contributed by atoms with Crippen LogP contribution in [-0.4, -0.2) is 66.5 Å². The number of fused-ring (bicyclic) bond motifs is 1. The topological polar surface area (TPSA) is 101 Å². The maximum Gasteiger partial charge on any atom is 0.261 e. The molecule has 3 aromatic heterocycles. The van der Waals surface area contributed by atoms with Crippen molar-refractivity contribution in [3.63, 3.8) is 0 Å². The molecule has 1 aliphatic heterocycles. The van der Waals surface area contributed by atoms with Crippen LogP contribution in [0.25, 0.3) is 22.3 Å². The first kappa shape index (κ1) is 26.6. The van der Waals surface area contributed by atoms with Crippen molar-refractivity contribution in [1.29, 1.82) is 0 Å². The second-order valence-corrected chi connectivity index (χ2v) is 11.3. The van der Waals surface area contributed by atoms with Crippen molar-refractivity contribution < 1.29 is 14.3 Å². The van der Waals surface area contributed by atoms with E-state index in [2.05, 4.69) is 50.1 Å². The van der Waals surface area contributed by atoms with Crippen LogP contribution < -0.4 is 5.32 Å². The summed E-state index contributed by atoms with van der Waals surface area (Å²) in [7, 11) is 3.93. The number of nitrogens with one attached hydrogen (secondary N) is 1. The Morgan fingerprint density at radius 1 is 1.07 bits per heavy atom. The number of amides is 1. The van der Waals surface area contributed by atoms with Gasteiger partial charge in [0.15, 0.2) is 5.82 Å². The van der Waals surface area contributed by atoms with E-state index in [0.29, 0.717) is 30.3 Å². The molecule has 4 heterocycles. The monoisotopic (exact) mass is 545 g/mol.